The van der Waals surface area contributed by atoms with Gasteiger partial charge in [-0.15, -0.1) is 0 Å². The van der Waals surface area contributed by atoms with Crippen LogP contribution in [0.3, 0.4) is 0 Å². The van der Waals surface area contributed by atoms with E-state index in [-0.39, 0.29) is 77.3 Å². The third-order valence-corrected chi connectivity index (χ3v) is 0. The summed E-state index contributed by atoms with van der Waals surface area (Å²) in [6, 6.07) is 0. The molecule has 32 valence electrons. The molecule has 0 rings (SSSR count). The zero-order valence-corrected chi connectivity index (χ0v) is 6.68. The van der Waals surface area contributed by atoms with Crippen LogP contribution in [0.5, 0.6) is 0 Å². The smallest absolute Gasteiger partial charge is 0.870 e. The first kappa shape index (κ1) is 114. The molecule has 0 aromatic carbocycles. The summed E-state index contributed by atoms with van der Waals surface area (Å²) in [5.41, 5.74) is 0. The molecule has 0 aliphatic carbocycles. The normalized spacial score (nSPS) is 0. The first-order valence-corrected chi connectivity index (χ1v) is 0. The molecule has 3 nitrogen and oxygen atoms in total. The largest absolute Gasteiger partial charge is 1.00 e. The monoisotopic (exact) mass is 118 g/mol. The fourth-order valence-corrected chi connectivity index (χ4v) is 0. The van der Waals surface area contributed by atoms with Crippen molar-refractivity contribution in [1.29, 1.82) is 0 Å². The summed E-state index contributed by atoms with van der Waals surface area (Å²) in [7, 11) is 0. The molecule has 0 radical (unpaired) electrons. The van der Waals surface area contributed by atoms with Crippen LogP contribution in [0.15, 0.2) is 0 Å². The summed E-state index contributed by atoms with van der Waals surface area (Å²) in [5.74, 6) is 0. The van der Waals surface area contributed by atoms with Gasteiger partial charge in [0.25, 0.3) is 0 Å². The van der Waals surface area contributed by atoms with E-state index in [0.29, 0.717) is 0 Å². The van der Waals surface area contributed by atoms with E-state index in [4.69, 9.17) is 0 Å². The summed E-state index contributed by atoms with van der Waals surface area (Å²) in [6.07, 6.45) is 0. The molecule has 0 aromatic rings. The van der Waals surface area contributed by atoms with E-state index >= 15 is 0 Å². The van der Waals surface area contributed by atoms with Crippen LogP contribution in [0.4, 0.5) is 0 Å². The van der Waals surface area contributed by atoms with Crippen molar-refractivity contribution in [3.8, 4) is 0 Å². The molecule has 0 spiro atoms. The Bertz CT molecular complexity index is 10.8. The predicted molar refractivity (Wildman–Crippen MR) is 8.60 cm³/mol. The van der Waals surface area contributed by atoms with E-state index in [1.807, 2.05) is 0 Å². The molecule has 0 atom stereocenters. The zero-order valence-electron chi connectivity index (χ0n) is 3.79. The van der Waals surface area contributed by atoms with E-state index in [0.717, 1.165) is 0 Å². The molecule has 0 aliphatic heterocycles. The number of rotatable bonds is 0. The van der Waals surface area contributed by atoms with Gasteiger partial charge in [0.05, 0.1) is 12.4 Å². The van der Waals surface area contributed by atoms with E-state index in [9.17, 15) is 0 Å². The van der Waals surface area contributed by atoms with Gasteiger partial charge >= 0.3 is 48.4 Å². The van der Waals surface area contributed by atoms with E-state index in [2.05, 4.69) is 0 Å². The summed E-state index contributed by atoms with van der Waals surface area (Å²) < 4.78 is 0. The van der Waals surface area contributed by atoms with Gasteiger partial charge in [-0.25, -0.2) is 0 Å². The molecule has 0 bridgehead atoms. The quantitative estimate of drug-likeness (QED) is 0.296. The van der Waals surface area contributed by atoms with E-state index in [1.165, 1.54) is 0 Å². The maximum atomic E-state index is 0. The molecule has 0 fully saturated rings. The van der Waals surface area contributed by atoms with Crippen LogP contribution >= 0.6 is 0 Å². The summed E-state index contributed by atoms with van der Waals surface area (Å²) >= 11 is 0. The average Bonchev–Trinajstić information content (AvgIpc) is 0. The Hall–Kier alpha value is 1.77. The standard InChI is InChI=1S/ClH2.Li.Na.3H2O/h1H2;;;3*1H2/q3*+1;;;/p-3. The van der Waals surface area contributed by atoms with Crippen molar-refractivity contribution in [1.82, 2.24) is 0 Å². The van der Waals surface area contributed by atoms with Gasteiger partial charge < -0.3 is 16.4 Å². The second-order valence-corrected chi connectivity index (χ2v) is 0. The van der Waals surface area contributed by atoms with Crippen LogP contribution in [0.1, 0.15) is 0 Å². The Kier molecular flexibility index (Phi) is 1370. The van der Waals surface area contributed by atoms with Crippen molar-refractivity contribution in [3.05, 3.63) is 0 Å². The maximum Gasteiger partial charge on any atom is 1.00 e. The van der Waals surface area contributed by atoms with Crippen LogP contribution < -0.4 is 48.4 Å². The van der Waals surface area contributed by atoms with Crippen molar-refractivity contribution in [2.45, 2.75) is 0 Å². The van der Waals surface area contributed by atoms with Crippen molar-refractivity contribution >= 4 is 0 Å². The summed E-state index contributed by atoms with van der Waals surface area (Å²) in [4.78, 5) is 0. The minimum absolute atomic E-state index is 0. The van der Waals surface area contributed by atoms with Crippen LogP contribution in [-0.4, -0.2) is 16.4 Å². The zero-order chi connectivity index (χ0) is 0. The summed E-state index contributed by atoms with van der Waals surface area (Å²) in [5, 5.41) is 0. The van der Waals surface area contributed by atoms with Crippen LogP contribution in [0.2, 0.25) is 0 Å². The first-order chi connectivity index (χ1) is 0. The van der Waals surface area contributed by atoms with E-state index in [1.54, 1.807) is 0 Å². The van der Waals surface area contributed by atoms with Gasteiger partial charge in [-0.1, -0.05) is 0 Å². The fourth-order valence-electron chi connectivity index (χ4n) is 0. The minimum Gasteiger partial charge on any atom is -0.870 e. The third kappa shape index (κ3) is 42.0. The fraction of sp³-hybridized carbons (Fsp3) is 0. The first-order valence-electron chi connectivity index (χ1n) is 0. The van der Waals surface area contributed by atoms with Crippen LogP contribution in [0, 0.1) is 12.4 Å². The number of hydrogen-bond donors (Lipinski definition) is 0. The minimum atomic E-state index is 0. The van der Waals surface area contributed by atoms with Gasteiger partial charge in [0.15, 0.2) is 0 Å². The Morgan fingerprint density at radius 1 is 0.667 bits per heavy atom. The predicted octanol–water partition coefficient (Wildman–Crippen LogP) is -7.06. The van der Waals surface area contributed by atoms with Gasteiger partial charge in [-0.05, 0) is 0 Å². The van der Waals surface area contributed by atoms with Crippen molar-refractivity contribution < 1.29 is 77.3 Å². The van der Waals surface area contributed by atoms with E-state index < -0.39 is 0 Å². The molecule has 0 saturated heterocycles. The van der Waals surface area contributed by atoms with Crippen LogP contribution in [-0.2, 0) is 0 Å². The summed E-state index contributed by atoms with van der Waals surface area (Å²) in [6.45, 7) is 0. The van der Waals surface area contributed by atoms with Gasteiger partial charge in [0.1, 0.15) is 0 Å². The van der Waals surface area contributed by atoms with Gasteiger partial charge in [-0.3, -0.25) is 0 Å². The molecule has 6 heavy (non-hydrogen) atoms. The topological polar surface area (TPSA) is 90.0 Å². The van der Waals surface area contributed by atoms with Crippen molar-refractivity contribution in [3.63, 3.8) is 0 Å². The second-order valence-electron chi connectivity index (χ2n) is 0. The van der Waals surface area contributed by atoms with Crippen molar-refractivity contribution in [2.75, 3.05) is 0 Å². The van der Waals surface area contributed by atoms with Crippen molar-refractivity contribution in [2.24, 2.45) is 0 Å². The Labute approximate surface area is 76.7 Å². The number of hydrogen-bond acceptors (Lipinski definition) is 3. The maximum absolute atomic E-state index is 0. The molecule has 0 saturated carbocycles. The van der Waals surface area contributed by atoms with Gasteiger partial charge in [-0.2, -0.15) is 0 Å². The Morgan fingerprint density at radius 2 is 0.667 bits per heavy atom. The molecule has 0 unspecified atom stereocenters. The number of halogens is 1. The molecular weight excluding hydrogens is 113 g/mol. The molecule has 0 amide bonds. The molecule has 0 heterocycles. The average molecular weight is 118 g/mol. The molecule has 0 aliphatic rings. The molecule has 0 aromatic heterocycles. The van der Waals surface area contributed by atoms with Gasteiger partial charge in [0.2, 0.25) is 0 Å². The SMILES string of the molecule is [ClH2+].[Li+].[Na+].[OH-].[OH-].[OH-]. The van der Waals surface area contributed by atoms with Crippen LogP contribution in [0.25, 0.3) is 0 Å². The molecule has 3 N–H and O–H groups in total. The Morgan fingerprint density at radius 3 is 0.667 bits per heavy atom. The second kappa shape index (κ2) is 72.1. The molecular formula is H5ClLiNaO3. The third-order valence-electron chi connectivity index (χ3n) is 0. The van der Waals surface area contributed by atoms with Gasteiger partial charge in [0, 0.05) is 0 Å². The Balaban J connectivity index is 0. The molecule has 6 heteroatoms.